The Morgan fingerprint density at radius 3 is 2.91 bits per heavy atom. The number of carbonyl (C=O) groups is 1. The molecule has 120 valence electrons. The quantitative estimate of drug-likeness (QED) is 0.859. The number of carbonyl (C=O) groups excluding carboxylic acids is 1. The molecule has 2 aromatic rings. The number of aromatic nitrogens is 1. The Labute approximate surface area is 136 Å². The van der Waals surface area contributed by atoms with Gasteiger partial charge in [0.25, 0.3) is 0 Å². The van der Waals surface area contributed by atoms with Crippen LogP contribution in [0.2, 0.25) is 0 Å². The zero-order valence-corrected chi connectivity index (χ0v) is 13.5. The van der Waals surface area contributed by atoms with Gasteiger partial charge in [0.2, 0.25) is 0 Å². The number of benzene rings is 1. The Hall–Kier alpha value is -2.56. The number of nitrogens with one attached hydrogen (secondary N) is 1. The molecule has 2 heterocycles. The summed E-state index contributed by atoms with van der Waals surface area (Å²) in [6.07, 6.45) is 2.16. The molecule has 1 unspecified atom stereocenters. The van der Waals surface area contributed by atoms with E-state index >= 15 is 0 Å². The Bertz CT molecular complexity index is 688. The lowest BCUT2D eigenvalue weighted by Gasteiger charge is -2.29. The molecular formula is C18H21N3O2. The Morgan fingerprint density at radius 2 is 2.17 bits per heavy atom. The lowest BCUT2D eigenvalue weighted by molar-refractivity contribution is -0.143. The lowest BCUT2D eigenvalue weighted by Crippen LogP contribution is -2.30. The standard InChI is InChI=1S/C18H21N3O2/c1-3-23-18(22)10-16(14-7-5-4-6-8-14)21-12-20-15-11-19-13(2)9-17(15)21/h4-9,11,16,20H,3,10,12H2,1-2H3. The highest BCUT2D eigenvalue weighted by Crippen LogP contribution is 2.38. The van der Waals surface area contributed by atoms with E-state index in [1.165, 1.54) is 0 Å². The molecule has 1 N–H and O–H groups in total. The van der Waals surface area contributed by atoms with Gasteiger partial charge in [0.1, 0.15) is 0 Å². The average molecular weight is 311 g/mol. The predicted molar refractivity (Wildman–Crippen MR) is 90.4 cm³/mol. The molecule has 1 aromatic carbocycles. The van der Waals surface area contributed by atoms with Gasteiger partial charge in [-0.05, 0) is 25.5 Å². The van der Waals surface area contributed by atoms with Gasteiger partial charge < -0.3 is 15.0 Å². The van der Waals surface area contributed by atoms with Crippen molar-refractivity contribution >= 4 is 17.3 Å². The molecule has 1 atom stereocenters. The first-order valence-electron chi connectivity index (χ1n) is 7.86. The molecule has 0 bridgehead atoms. The highest BCUT2D eigenvalue weighted by molar-refractivity contribution is 5.77. The first-order chi connectivity index (χ1) is 11.2. The maximum Gasteiger partial charge on any atom is 0.308 e. The zero-order chi connectivity index (χ0) is 16.2. The third-order valence-electron chi connectivity index (χ3n) is 3.99. The van der Waals surface area contributed by atoms with E-state index in [0.29, 0.717) is 19.7 Å². The number of anilines is 2. The zero-order valence-electron chi connectivity index (χ0n) is 13.5. The van der Waals surface area contributed by atoms with E-state index in [9.17, 15) is 4.79 Å². The highest BCUT2D eigenvalue weighted by atomic mass is 16.5. The van der Waals surface area contributed by atoms with Crippen molar-refractivity contribution in [2.45, 2.75) is 26.3 Å². The summed E-state index contributed by atoms with van der Waals surface area (Å²) >= 11 is 0. The molecule has 5 nitrogen and oxygen atoms in total. The molecule has 0 aliphatic carbocycles. The molecule has 5 heteroatoms. The van der Waals surface area contributed by atoms with Gasteiger partial charge in [-0.1, -0.05) is 30.3 Å². The number of fused-ring (bicyclic) bond motifs is 1. The number of pyridine rings is 1. The fraction of sp³-hybridized carbons (Fsp3) is 0.333. The molecule has 1 aliphatic rings. The number of rotatable bonds is 5. The topological polar surface area (TPSA) is 54.5 Å². The van der Waals surface area contributed by atoms with Crippen molar-refractivity contribution in [2.24, 2.45) is 0 Å². The van der Waals surface area contributed by atoms with Gasteiger partial charge in [-0.3, -0.25) is 9.78 Å². The van der Waals surface area contributed by atoms with Crippen molar-refractivity contribution in [3.05, 3.63) is 53.9 Å². The number of hydrogen-bond donors (Lipinski definition) is 1. The first kappa shape index (κ1) is 15.3. The number of nitrogens with zero attached hydrogens (tertiary/aromatic N) is 2. The average Bonchev–Trinajstić information content (AvgIpc) is 2.96. The van der Waals surface area contributed by atoms with Crippen molar-refractivity contribution in [3.63, 3.8) is 0 Å². The van der Waals surface area contributed by atoms with Gasteiger partial charge in [0, 0.05) is 5.69 Å². The first-order valence-corrected chi connectivity index (χ1v) is 7.86. The van der Waals surface area contributed by atoms with Gasteiger partial charge in [-0.25, -0.2) is 0 Å². The van der Waals surface area contributed by atoms with E-state index in [0.717, 1.165) is 22.6 Å². The molecule has 1 aliphatic heterocycles. The number of esters is 1. The van der Waals surface area contributed by atoms with E-state index in [1.54, 1.807) is 0 Å². The van der Waals surface area contributed by atoms with Crippen LogP contribution in [-0.4, -0.2) is 24.2 Å². The fourth-order valence-corrected chi connectivity index (χ4v) is 2.91. The van der Waals surface area contributed by atoms with Crippen molar-refractivity contribution < 1.29 is 9.53 Å². The van der Waals surface area contributed by atoms with Crippen molar-refractivity contribution in [1.29, 1.82) is 0 Å². The Morgan fingerprint density at radius 1 is 1.39 bits per heavy atom. The number of ether oxygens (including phenoxy) is 1. The number of aryl methyl sites for hydroxylation is 1. The molecule has 1 aromatic heterocycles. The summed E-state index contributed by atoms with van der Waals surface area (Å²) in [4.78, 5) is 18.6. The summed E-state index contributed by atoms with van der Waals surface area (Å²) in [5.74, 6) is -0.180. The van der Waals surface area contributed by atoms with Crippen LogP contribution in [0.3, 0.4) is 0 Å². The van der Waals surface area contributed by atoms with Crippen LogP contribution in [0.1, 0.15) is 30.6 Å². The van der Waals surface area contributed by atoms with Gasteiger partial charge in [0.05, 0.1) is 43.3 Å². The summed E-state index contributed by atoms with van der Waals surface area (Å²) in [5.41, 5.74) is 4.14. The van der Waals surface area contributed by atoms with Crippen LogP contribution >= 0.6 is 0 Å². The lowest BCUT2D eigenvalue weighted by atomic mass is 10.0. The summed E-state index contributed by atoms with van der Waals surface area (Å²) in [5, 5.41) is 3.34. The van der Waals surface area contributed by atoms with Crippen LogP contribution in [0, 0.1) is 6.92 Å². The Balaban J connectivity index is 1.94. The molecular weight excluding hydrogens is 290 g/mol. The highest BCUT2D eigenvalue weighted by Gasteiger charge is 2.29. The van der Waals surface area contributed by atoms with Gasteiger partial charge in [0.15, 0.2) is 0 Å². The monoisotopic (exact) mass is 311 g/mol. The van der Waals surface area contributed by atoms with E-state index < -0.39 is 0 Å². The second-order valence-corrected chi connectivity index (χ2v) is 5.58. The van der Waals surface area contributed by atoms with E-state index in [-0.39, 0.29) is 12.0 Å². The molecule has 3 rings (SSSR count). The third-order valence-corrected chi connectivity index (χ3v) is 3.99. The van der Waals surface area contributed by atoms with Crippen molar-refractivity contribution in [2.75, 3.05) is 23.5 Å². The fourth-order valence-electron chi connectivity index (χ4n) is 2.91. The summed E-state index contributed by atoms with van der Waals surface area (Å²) in [6, 6.07) is 12.1. The molecule has 0 saturated heterocycles. The molecule has 0 spiro atoms. The minimum absolute atomic E-state index is 0.0641. The maximum absolute atomic E-state index is 12.1. The minimum Gasteiger partial charge on any atom is -0.466 e. The second kappa shape index (κ2) is 6.69. The van der Waals surface area contributed by atoms with Crippen molar-refractivity contribution in [3.8, 4) is 0 Å². The van der Waals surface area contributed by atoms with Crippen molar-refractivity contribution in [1.82, 2.24) is 4.98 Å². The minimum atomic E-state index is -0.180. The van der Waals surface area contributed by atoms with Crippen LogP contribution in [0.4, 0.5) is 11.4 Å². The summed E-state index contributed by atoms with van der Waals surface area (Å²) in [6.45, 7) is 4.86. The second-order valence-electron chi connectivity index (χ2n) is 5.58. The van der Waals surface area contributed by atoms with Crippen LogP contribution < -0.4 is 10.2 Å². The van der Waals surface area contributed by atoms with Gasteiger partial charge in [-0.15, -0.1) is 0 Å². The summed E-state index contributed by atoms with van der Waals surface area (Å²) in [7, 11) is 0. The van der Waals surface area contributed by atoms with Gasteiger partial charge >= 0.3 is 5.97 Å². The van der Waals surface area contributed by atoms with Crippen LogP contribution in [0.15, 0.2) is 42.6 Å². The molecule has 0 amide bonds. The van der Waals surface area contributed by atoms with E-state index in [2.05, 4.69) is 33.4 Å². The number of hydrogen-bond acceptors (Lipinski definition) is 5. The molecule has 0 saturated carbocycles. The van der Waals surface area contributed by atoms with Crippen LogP contribution in [-0.2, 0) is 9.53 Å². The van der Waals surface area contributed by atoms with E-state index in [4.69, 9.17) is 4.74 Å². The maximum atomic E-state index is 12.1. The molecule has 0 fully saturated rings. The van der Waals surface area contributed by atoms with E-state index in [1.807, 2.05) is 38.2 Å². The SMILES string of the molecule is CCOC(=O)CC(c1ccccc1)N1CNc2cnc(C)cc21. The largest absolute Gasteiger partial charge is 0.466 e. The Kier molecular flexibility index (Phi) is 4.46. The third kappa shape index (κ3) is 3.28. The van der Waals surface area contributed by atoms with Gasteiger partial charge in [-0.2, -0.15) is 0 Å². The molecule has 0 radical (unpaired) electrons. The summed E-state index contributed by atoms with van der Waals surface area (Å²) < 4.78 is 5.17. The normalized spacial score (nSPS) is 14.1. The van der Waals surface area contributed by atoms with Crippen LogP contribution in [0.5, 0.6) is 0 Å². The molecule has 23 heavy (non-hydrogen) atoms. The smallest absolute Gasteiger partial charge is 0.308 e. The predicted octanol–water partition coefficient (Wildman–Crippen LogP) is 3.27. The van der Waals surface area contributed by atoms with Crippen LogP contribution in [0.25, 0.3) is 0 Å².